The highest BCUT2D eigenvalue weighted by atomic mass is 32.1. The number of ether oxygens (including phenoxy) is 1. The number of nitrogens with zero attached hydrogens (tertiary/aromatic N) is 2. The molecule has 0 fully saturated rings. The van der Waals surface area contributed by atoms with Crippen LogP contribution in [0.4, 0.5) is 0 Å². The first-order valence-electron chi connectivity index (χ1n) is 4.45. The first kappa shape index (κ1) is 11.1. The summed E-state index contributed by atoms with van der Waals surface area (Å²) in [5, 5.41) is 2.94. The lowest BCUT2D eigenvalue weighted by atomic mass is 10.5. The van der Waals surface area contributed by atoms with Gasteiger partial charge in [-0.25, -0.2) is 4.98 Å². The monoisotopic (exact) mass is 214 g/mol. The molecule has 4 nitrogen and oxygen atoms in total. The Labute approximate surface area is 87.5 Å². The third-order valence-electron chi connectivity index (χ3n) is 1.59. The highest BCUT2D eigenvalue weighted by molar-refractivity contribution is 7.09. The van der Waals surface area contributed by atoms with Crippen molar-refractivity contribution in [3.05, 3.63) is 16.6 Å². The Morgan fingerprint density at radius 1 is 1.71 bits per heavy atom. The summed E-state index contributed by atoms with van der Waals surface area (Å²) in [4.78, 5) is 17.1. The fraction of sp³-hybridized carbons (Fsp3) is 0.556. The number of carbonyl (C=O) groups is 1. The van der Waals surface area contributed by atoms with Crippen LogP contribution in [0.15, 0.2) is 11.6 Å². The van der Waals surface area contributed by atoms with Crippen LogP contribution in [0.25, 0.3) is 0 Å². The molecule has 0 atom stereocenters. The van der Waals surface area contributed by atoms with E-state index >= 15 is 0 Å². The molecule has 0 saturated carbocycles. The second-order valence-electron chi connectivity index (χ2n) is 2.90. The van der Waals surface area contributed by atoms with Gasteiger partial charge in [0, 0.05) is 11.6 Å². The molecular formula is C9H14N2O2S. The summed E-state index contributed by atoms with van der Waals surface area (Å²) in [5.41, 5.74) is 0. The SMILES string of the molecule is CCOC(=O)CN(C)Cc1nccs1. The van der Waals surface area contributed by atoms with Gasteiger partial charge in [0.1, 0.15) is 5.01 Å². The predicted octanol–water partition coefficient (Wildman–Crippen LogP) is 1.14. The average Bonchev–Trinajstić information content (AvgIpc) is 2.56. The predicted molar refractivity (Wildman–Crippen MR) is 55.1 cm³/mol. The second-order valence-corrected chi connectivity index (χ2v) is 3.88. The lowest BCUT2D eigenvalue weighted by Gasteiger charge is -2.13. The molecule has 14 heavy (non-hydrogen) atoms. The van der Waals surface area contributed by atoms with E-state index in [1.54, 1.807) is 24.5 Å². The molecule has 0 aromatic carbocycles. The van der Waals surface area contributed by atoms with Gasteiger partial charge < -0.3 is 4.74 Å². The van der Waals surface area contributed by atoms with Crippen molar-refractivity contribution >= 4 is 17.3 Å². The molecule has 0 radical (unpaired) electrons. The van der Waals surface area contributed by atoms with Gasteiger partial charge in [-0.3, -0.25) is 9.69 Å². The van der Waals surface area contributed by atoms with Gasteiger partial charge in [0.25, 0.3) is 0 Å². The zero-order valence-electron chi connectivity index (χ0n) is 8.40. The van der Waals surface area contributed by atoms with Crippen molar-refractivity contribution in [3.8, 4) is 0 Å². The molecule has 0 aliphatic heterocycles. The van der Waals surface area contributed by atoms with Crippen LogP contribution in [0.2, 0.25) is 0 Å². The number of likely N-dealkylation sites (N-methyl/N-ethyl adjacent to an activating group) is 1. The van der Waals surface area contributed by atoms with Crippen LogP contribution in [-0.2, 0) is 16.1 Å². The van der Waals surface area contributed by atoms with Crippen molar-refractivity contribution in [1.82, 2.24) is 9.88 Å². The molecule has 0 amide bonds. The lowest BCUT2D eigenvalue weighted by molar-refractivity contribution is -0.144. The Balaban J connectivity index is 2.29. The van der Waals surface area contributed by atoms with E-state index < -0.39 is 0 Å². The molecular weight excluding hydrogens is 200 g/mol. The Kier molecular flexibility index (Phi) is 4.55. The summed E-state index contributed by atoms with van der Waals surface area (Å²) in [6.45, 7) is 3.24. The highest BCUT2D eigenvalue weighted by Crippen LogP contribution is 2.06. The molecule has 1 heterocycles. The fourth-order valence-electron chi connectivity index (χ4n) is 1.04. The topological polar surface area (TPSA) is 42.4 Å². The van der Waals surface area contributed by atoms with E-state index in [9.17, 15) is 4.79 Å². The lowest BCUT2D eigenvalue weighted by Crippen LogP contribution is -2.26. The first-order chi connectivity index (χ1) is 6.72. The molecule has 0 spiro atoms. The van der Waals surface area contributed by atoms with Crippen molar-refractivity contribution in [3.63, 3.8) is 0 Å². The third kappa shape index (κ3) is 3.85. The maximum atomic E-state index is 11.1. The largest absolute Gasteiger partial charge is 0.465 e. The minimum absolute atomic E-state index is 0.188. The van der Waals surface area contributed by atoms with E-state index in [1.807, 2.05) is 17.3 Å². The Morgan fingerprint density at radius 3 is 3.07 bits per heavy atom. The average molecular weight is 214 g/mol. The summed E-state index contributed by atoms with van der Waals surface area (Å²) >= 11 is 1.59. The summed E-state index contributed by atoms with van der Waals surface area (Å²) in [7, 11) is 1.87. The van der Waals surface area contributed by atoms with E-state index in [1.165, 1.54) is 0 Å². The third-order valence-corrected chi connectivity index (χ3v) is 2.36. The maximum Gasteiger partial charge on any atom is 0.320 e. The normalized spacial score (nSPS) is 10.5. The molecule has 0 aliphatic carbocycles. The van der Waals surface area contributed by atoms with Gasteiger partial charge in [0.05, 0.1) is 19.7 Å². The van der Waals surface area contributed by atoms with Crippen LogP contribution in [0.3, 0.4) is 0 Å². The van der Waals surface area contributed by atoms with Crippen LogP contribution in [-0.4, -0.2) is 36.1 Å². The number of hydrogen-bond donors (Lipinski definition) is 0. The summed E-state index contributed by atoms with van der Waals surface area (Å²) < 4.78 is 4.83. The molecule has 0 saturated heterocycles. The van der Waals surface area contributed by atoms with Crippen molar-refractivity contribution in [2.75, 3.05) is 20.2 Å². The van der Waals surface area contributed by atoms with Gasteiger partial charge in [-0.2, -0.15) is 0 Å². The standard InChI is InChI=1S/C9H14N2O2S/c1-3-13-9(12)7-11(2)6-8-10-4-5-14-8/h4-5H,3,6-7H2,1-2H3. The molecule has 5 heteroatoms. The van der Waals surface area contributed by atoms with Crippen LogP contribution < -0.4 is 0 Å². The zero-order valence-corrected chi connectivity index (χ0v) is 9.21. The van der Waals surface area contributed by atoms with Crippen LogP contribution in [0, 0.1) is 0 Å². The number of carbonyl (C=O) groups excluding carboxylic acids is 1. The number of hydrogen-bond acceptors (Lipinski definition) is 5. The molecule has 0 aliphatic rings. The molecule has 1 aromatic rings. The van der Waals surface area contributed by atoms with Gasteiger partial charge in [-0.15, -0.1) is 11.3 Å². The highest BCUT2D eigenvalue weighted by Gasteiger charge is 2.08. The minimum Gasteiger partial charge on any atom is -0.465 e. The van der Waals surface area contributed by atoms with Crippen LogP contribution in [0.1, 0.15) is 11.9 Å². The zero-order chi connectivity index (χ0) is 10.4. The van der Waals surface area contributed by atoms with Gasteiger partial charge in [0.15, 0.2) is 0 Å². The van der Waals surface area contributed by atoms with Crippen LogP contribution in [0.5, 0.6) is 0 Å². The maximum absolute atomic E-state index is 11.1. The van der Waals surface area contributed by atoms with Gasteiger partial charge >= 0.3 is 5.97 Å². The van der Waals surface area contributed by atoms with Crippen molar-refractivity contribution in [2.24, 2.45) is 0 Å². The quantitative estimate of drug-likeness (QED) is 0.689. The van der Waals surface area contributed by atoms with E-state index in [2.05, 4.69) is 4.98 Å². The fourth-order valence-corrected chi connectivity index (χ4v) is 1.74. The number of aromatic nitrogens is 1. The van der Waals surface area contributed by atoms with E-state index in [-0.39, 0.29) is 5.97 Å². The first-order valence-corrected chi connectivity index (χ1v) is 5.33. The summed E-state index contributed by atoms with van der Waals surface area (Å²) in [6, 6.07) is 0. The van der Waals surface area contributed by atoms with E-state index in [4.69, 9.17) is 4.74 Å². The minimum atomic E-state index is -0.188. The molecule has 0 unspecified atom stereocenters. The molecule has 1 rings (SSSR count). The van der Waals surface area contributed by atoms with Gasteiger partial charge in [0.2, 0.25) is 0 Å². The van der Waals surface area contributed by atoms with Gasteiger partial charge in [-0.1, -0.05) is 0 Å². The number of rotatable bonds is 5. The number of thiazole rings is 1. The Bertz CT molecular complexity index is 274. The Hall–Kier alpha value is -0.940. The second kappa shape index (κ2) is 5.72. The number of esters is 1. The van der Waals surface area contributed by atoms with Crippen molar-refractivity contribution in [2.45, 2.75) is 13.5 Å². The Morgan fingerprint density at radius 2 is 2.50 bits per heavy atom. The van der Waals surface area contributed by atoms with E-state index in [0.717, 1.165) is 5.01 Å². The molecule has 78 valence electrons. The van der Waals surface area contributed by atoms with Crippen LogP contribution >= 0.6 is 11.3 Å². The molecule has 0 N–H and O–H groups in total. The molecule has 0 bridgehead atoms. The van der Waals surface area contributed by atoms with Gasteiger partial charge in [-0.05, 0) is 14.0 Å². The van der Waals surface area contributed by atoms with Crippen molar-refractivity contribution < 1.29 is 9.53 Å². The molecule has 1 aromatic heterocycles. The summed E-state index contributed by atoms with van der Waals surface area (Å²) in [5.74, 6) is -0.188. The van der Waals surface area contributed by atoms with Crippen molar-refractivity contribution in [1.29, 1.82) is 0 Å². The summed E-state index contributed by atoms with van der Waals surface area (Å²) in [6.07, 6.45) is 1.76. The van der Waals surface area contributed by atoms with E-state index in [0.29, 0.717) is 19.7 Å². The smallest absolute Gasteiger partial charge is 0.320 e.